The Morgan fingerprint density at radius 2 is 2.09 bits per heavy atom. The van der Waals surface area contributed by atoms with Crippen LogP contribution in [0.4, 0.5) is 5.82 Å². The van der Waals surface area contributed by atoms with Gasteiger partial charge in [-0.2, -0.15) is 5.09 Å². The van der Waals surface area contributed by atoms with Crippen molar-refractivity contribution in [3.05, 3.63) is 43.0 Å². The van der Waals surface area contributed by atoms with Gasteiger partial charge in [0.2, 0.25) is 0 Å². The molecule has 0 spiro atoms. The van der Waals surface area contributed by atoms with Crippen LogP contribution >= 0.6 is 7.75 Å². The number of anilines is 1. The predicted molar refractivity (Wildman–Crippen MR) is 118 cm³/mol. The summed E-state index contributed by atoms with van der Waals surface area (Å²) in [6, 6.07) is 7.64. The van der Waals surface area contributed by atoms with E-state index in [0.29, 0.717) is 35.6 Å². The van der Waals surface area contributed by atoms with Gasteiger partial charge in [0.1, 0.15) is 29.9 Å². The molecule has 1 aromatic carbocycles. The summed E-state index contributed by atoms with van der Waals surface area (Å²) in [5.74, 6) is 0.0279. The van der Waals surface area contributed by atoms with Gasteiger partial charge in [-0.1, -0.05) is 18.2 Å². The topological polar surface area (TPSA) is 153 Å². The van der Waals surface area contributed by atoms with E-state index in [1.807, 2.05) is 0 Å². The van der Waals surface area contributed by atoms with E-state index in [0.717, 1.165) is 0 Å². The molecule has 12 nitrogen and oxygen atoms in total. The summed E-state index contributed by atoms with van der Waals surface area (Å²) in [7, 11) is -2.68. The maximum absolute atomic E-state index is 13.4. The van der Waals surface area contributed by atoms with Crippen LogP contribution in [0.25, 0.3) is 11.2 Å². The third-order valence-electron chi connectivity index (χ3n) is 5.09. The second-order valence-corrected chi connectivity index (χ2v) is 9.14. The Hall–Kier alpha value is -3.05. The van der Waals surface area contributed by atoms with Crippen LogP contribution in [0.2, 0.25) is 0 Å². The number of rotatable bonds is 9. The van der Waals surface area contributed by atoms with Gasteiger partial charge in [-0.15, -0.1) is 0 Å². The number of nitrogens with two attached hydrogens (primary N) is 1. The first-order valence-corrected chi connectivity index (χ1v) is 11.9. The number of imidazole rings is 1. The Morgan fingerprint density at radius 3 is 2.85 bits per heavy atom. The molecule has 4 atom stereocenters. The molecule has 0 saturated carbocycles. The van der Waals surface area contributed by atoms with Gasteiger partial charge in [-0.25, -0.2) is 19.5 Å². The summed E-state index contributed by atoms with van der Waals surface area (Å²) in [6.07, 6.45) is 3.58. The highest BCUT2D eigenvalue weighted by molar-refractivity contribution is 7.52. The summed E-state index contributed by atoms with van der Waals surface area (Å²) in [4.78, 5) is 24.3. The number of nitrogens with one attached hydrogen (secondary N) is 1. The Balaban J connectivity index is 1.43. The fraction of sp³-hybridized carbons (Fsp3) is 0.400. The number of hydrogen-bond acceptors (Lipinski definition) is 10. The minimum Gasteiger partial charge on any atom is -0.468 e. The highest BCUT2D eigenvalue weighted by Crippen LogP contribution is 2.46. The van der Waals surface area contributed by atoms with E-state index < -0.39 is 19.8 Å². The molecule has 33 heavy (non-hydrogen) atoms. The number of ether oxygens (including phenoxy) is 2. The van der Waals surface area contributed by atoms with Crippen LogP contribution in [-0.2, 0) is 23.4 Å². The molecule has 1 fully saturated rings. The van der Waals surface area contributed by atoms with Crippen LogP contribution in [0.1, 0.15) is 26.0 Å². The lowest BCUT2D eigenvalue weighted by atomic mass is 10.2. The van der Waals surface area contributed by atoms with Crippen molar-refractivity contribution in [1.29, 1.82) is 0 Å². The van der Waals surface area contributed by atoms with E-state index in [-0.39, 0.29) is 18.9 Å². The molecule has 1 aliphatic heterocycles. The van der Waals surface area contributed by atoms with Crippen LogP contribution in [0.15, 0.2) is 43.0 Å². The minimum atomic E-state index is -3.93. The summed E-state index contributed by atoms with van der Waals surface area (Å²) < 4.78 is 37.3. The van der Waals surface area contributed by atoms with Gasteiger partial charge < -0.3 is 19.7 Å². The first-order valence-electron chi connectivity index (χ1n) is 10.3. The standard InChI is InChI=1S/C20H25N6O6P/c1-13(20(27)29-2)25-33(28,32-14-6-4-3-5-7-14)30-10-15-8-9-16(31-15)26-12-24-17-18(21)22-11-23-19(17)26/h3-7,11-13,15-16H,8-10H2,1-2H3,(H,25,28)(H2,21,22,23)/t13-,15-,16+,33?/m0/s1. The third kappa shape index (κ3) is 5.31. The average molecular weight is 476 g/mol. The molecular weight excluding hydrogens is 451 g/mol. The maximum Gasteiger partial charge on any atom is 0.459 e. The van der Waals surface area contributed by atoms with Crippen LogP contribution in [0.5, 0.6) is 5.75 Å². The monoisotopic (exact) mass is 476 g/mol. The Morgan fingerprint density at radius 1 is 1.30 bits per heavy atom. The van der Waals surface area contributed by atoms with Crippen molar-refractivity contribution in [2.75, 3.05) is 19.5 Å². The lowest BCUT2D eigenvalue weighted by Gasteiger charge is -2.24. The predicted octanol–water partition coefficient (Wildman–Crippen LogP) is 2.44. The fourth-order valence-corrected chi connectivity index (χ4v) is 4.97. The second-order valence-electron chi connectivity index (χ2n) is 7.44. The molecule has 1 saturated heterocycles. The number of fused-ring (bicyclic) bond motifs is 1. The second kappa shape index (κ2) is 9.84. The molecule has 0 bridgehead atoms. The Bertz CT molecular complexity index is 1160. The lowest BCUT2D eigenvalue weighted by Crippen LogP contribution is -2.35. The number of benzene rings is 1. The van der Waals surface area contributed by atoms with Gasteiger partial charge in [0.05, 0.1) is 26.1 Å². The molecule has 13 heteroatoms. The molecule has 3 aromatic rings. The highest BCUT2D eigenvalue weighted by Gasteiger charge is 2.35. The maximum atomic E-state index is 13.4. The zero-order valence-electron chi connectivity index (χ0n) is 18.2. The van der Waals surface area contributed by atoms with Crippen molar-refractivity contribution in [2.45, 2.75) is 38.1 Å². The van der Waals surface area contributed by atoms with E-state index in [2.05, 4.69) is 20.0 Å². The summed E-state index contributed by atoms with van der Waals surface area (Å²) in [5, 5.41) is 2.62. The quantitative estimate of drug-likeness (QED) is 0.346. The van der Waals surface area contributed by atoms with Crippen LogP contribution in [-0.4, -0.2) is 51.4 Å². The first-order chi connectivity index (χ1) is 15.9. The van der Waals surface area contributed by atoms with Crippen molar-refractivity contribution < 1.29 is 27.9 Å². The summed E-state index contributed by atoms with van der Waals surface area (Å²) >= 11 is 0. The van der Waals surface area contributed by atoms with E-state index in [1.165, 1.54) is 20.4 Å². The number of para-hydroxylation sites is 1. The summed E-state index contributed by atoms with van der Waals surface area (Å²) in [6.45, 7) is 1.49. The van der Waals surface area contributed by atoms with Gasteiger partial charge in [-0.05, 0) is 31.9 Å². The number of nitrogens with zero attached hydrogens (tertiary/aromatic N) is 4. The number of methoxy groups -OCH3 is 1. The molecule has 0 aliphatic carbocycles. The van der Waals surface area contributed by atoms with Crippen molar-refractivity contribution >= 4 is 30.7 Å². The van der Waals surface area contributed by atoms with Crippen LogP contribution in [0, 0.1) is 0 Å². The molecule has 1 unspecified atom stereocenters. The molecule has 3 N–H and O–H groups in total. The van der Waals surface area contributed by atoms with Gasteiger partial charge in [0.15, 0.2) is 11.5 Å². The third-order valence-corrected chi connectivity index (χ3v) is 6.73. The number of esters is 1. The highest BCUT2D eigenvalue weighted by atomic mass is 31.2. The average Bonchev–Trinajstić information content (AvgIpc) is 3.45. The van der Waals surface area contributed by atoms with Crippen molar-refractivity contribution in [2.24, 2.45) is 0 Å². The van der Waals surface area contributed by atoms with Crippen LogP contribution < -0.4 is 15.3 Å². The van der Waals surface area contributed by atoms with Gasteiger partial charge in [0, 0.05) is 0 Å². The number of carbonyl (C=O) groups is 1. The lowest BCUT2D eigenvalue weighted by molar-refractivity contribution is -0.142. The van der Waals surface area contributed by atoms with Crippen molar-refractivity contribution in [3.63, 3.8) is 0 Å². The van der Waals surface area contributed by atoms with Crippen LogP contribution in [0.3, 0.4) is 0 Å². The molecule has 4 rings (SSSR count). The summed E-state index contributed by atoms with van der Waals surface area (Å²) in [5.41, 5.74) is 6.93. The number of carbonyl (C=O) groups excluding carboxylic acids is 1. The van der Waals surface area contributed by atoms with E-state index >= 15 is 0 Å². The largest absolute Gasteiger partial charge is 0.468 e. The van der Waals surface area contributed by atoms with E-state index in [4.69, 9.17) is 24.3 Å². The Labute approximate surface area is 190 Å². The zero-order valence-corrected chi connectivity index (χ0v) is 19.1. The molecule has 0 amide bonds. The minimum absolute atomic E-state index is 0.0226. The molecule has 0 radical (unpaired) electrons. The molecule has 176 valence electrons. The molecular formula is C20H25N6O6P. The van der Waals surface area contributed by atoms with Gasteiger partial charge >= 0.3 is 13.7 Å². The van der Waals surface area contributed by atoms with Gasteiger partial charge in [0.25, 0.3) is 0 Å². The zero-order chi connectivity index (χ0) is 23.4. The number of aromatic nitrogens is 4. The van der Waals surface area contributed by atoms with Crippen molar-refractivity contribution in [1.82, 2.24) is 24.6 Å². The molecule has 1 aliphatic rings. The number of nitrogen functional groups attached to an aromatic ring is 1. The fourth-order valence-electron chi connectivity index (χ4n) is 3.45. The first kappa shape index (κ1) is 23.1. The van der Waals surface area contributed by atoms with E-state index in [1.54, 1.807) is 41.2 Å². The smallest absolute Gasteiger partial charge is 0.459 e. The molecule has 2 aromatic heterocycles. The van der Waals surface area contributed by atoms with E-state index in [9.17, 15) is 9.36 Å². The molecule has 3 heterocycles. The number of hydrogen-bond donors (Lipinski definition) is 2. The van der Waals surface area contributed by atoms with Gasteiger partial charge in [-0.3, -0.25) is 13.9 Å². The van der Waals surface area contributed by atoms with Crippen molar-refractivity contribution in [3.8, 4) is 5.75 Å². The Kier molecular flexibility index (Phi) is 6.89. The normalized spacial score (nSPS) is 20.9. The SMILES string of the molecule is COC(=O)[C@H](C)NP(=O)(OC[C@@H]1CC[C@H](n2cnc3c(N)ncnc32)O1)Oc1ccccc1.